The van der Waals surface area contributed by atoms with Gasteiger partial charge in [0.2, 0.25) is 0 Å². The summed E-state index contributed by atoms with van der Waals surface area (Å²) >= 11 is 0. The van der Waals surface area contributed by atoms with E-state index in [1.54, 1.807) is 19.1 Å². The molecule has 1 aromatic rings. The first-order chi connectivity index (χ1) is 9.84. The van der Waals surface area contributed by atoms with Gasteiger partial charge >= 0.3 is 0 Å². The predicted molar refractivity (Wildman–Crippen MR) is 73.2 cm³/mol. The molecule has 1 saturated heterocycles. The molecule has 2 aliphatic heterocycles. The van der Waals surface area contributed by atoms with Crippen molar-refractivity contribution in [1.29, 1.82) is 0 Å². The number of carbonyl (C=O) groups is 3. The van der Waals surface area contributed by atoms with Crippen LogP contribution in [0.25, 0.3) is 0 Å². The second kappa shape index (κ2) is 4.39. The van der Waals surface area contributed by atoms with Crippen LogP contribution in [0.15, 0.2) is 18.2 Å². The molecule has 6 heteroatoms. The smallest absolute Gasteiger partial charge is 0.255 e. The lowest BCUT2D eigenvalue weighted by molar-refractivity contribution is -0.149. The second-order valence-corrected chi connectivity index (χ2v) is 5.80. The summed E-state index contributed by atoms with van der Waals surface area (Å²) in [6.07, 6.45) is -1.37. The van der Waals surface area contributed by atoms with Crippen molar-refractivity contribution in [1.82, 2.24) is 10.2 Å². The van der Waals surface area contributed by atoms with Gasteiger partial charge in [-0.25, -0.2) is 0 Å². The summed E-state index contributed by atoms with van der Waals surface area (Å²) in [5, 5.41) is 11.9. The van der Waals surface area contributed by atoms with Crippen LogP contribution in [0.5, 0.6) is 0 Å². The minimum absolute atomic E-state index is 0.0869. The Morgan fingerprint density at radius 3 is 2.71 bits per heavy atom. The van der Waals surface area contributed by atoms with Crippen LogP contribution in [0, 0.1) is 6.92 Å². The molecule has 0 saturated carbocycles. The average molecular weight is 288 g/mol. The molecule has 2 heterocycles. The highest BCUT2D eigenvalue weighted by atomic mass is 16.3. The fourth-order valence-electron chi connectivity index (χ4n) is 3.01. The van der Waals surface area contributed by atoms with Gasteiger partial charge in [-0.15, -0.1) is 0 Å². The molecule has 2 aliphatic rings. The number of aliphatic hydroxyl groups excluding tert-OH is 1. The van der Waals surface area contributed by atoms with Gasteiger partial charge in [-0.05, 0) is 31.0 Å². The molecule has 0 bridgehead atoms. The van der Waals surface area contributed by atoms with E-state index in [2.05, 4.69) is 5.32 Å². The van der Waals surface area contributed by atoms with E-state index in [1.165, 1.54) is 4.90 Å². The van der Waals surface area contributed by atoms with Gasteiger partial charge in [0, 0.05) is 18.5 Å². The molecule has 110 valence electrons. The topological polar surface area (TPSA) is 86.7 Å². The standard InChI is InChI=1S/C15H16N2O4/c1-8-4-3-5-9-10(8)7-17(13(9)20)15(2)6-11(18)12(19)16-14(15)21/h3-5,11,18H,6-7H2,1-2H3,(H,16,19,21). The number of carbonyl (C=O) groups excluding carboxylic acids is 3. The molecular weight excluding hydrogens is 272 g/mol. The van der Waals surface area contributed by atoms with Crippen molar-refractivity contribution in [3.63, 3.8) is 0 Å². The Morgan fingerprint density at radius 1 is 1.33 bits per heavy atom. The molecule has 0 aromatic heterocycles. The molecule has 3 rings (SSSR count). The Hall–Kier alpha value is -2.21. The third-order valence-electron chi connectivity index (χ3n) is 4.42. The van der Waals surface area contributed by atoms with Gasteiger partial charge in [-0.2, -0.15) is 0 Å². The van der Waals surface area contributed by atoms with Crippen molar-refractivity contribution in [3.8, 4) is 0 Å². The Bertz CT molecular complexity index is 670. The van der Waals surface area contributed by atoms with Gasteiger partial charge in [0.25, 0.3) is 17.7 Å². The van der Waals surface area contributed by atoms with Gasteiger partial charge in [-0.3, -0.25) is 19.7 Å². The molecule has 2 atom stereocenters. The van der Waals surface area contributed by atoms with Crippen LogP contribution in [0.1, 0.15) is 34.8 Å². The first kappa shape index (κ1) is 13.8. The van der Waals surface area contributed by atoms with Crippen LogP contribution < -0.4 is 5.32 Å². The predicted octanol–water partition coefficient (Wildman–Crippen LogP) is 0.117. The maximum Gasteiger partial charge on any atom is 0.255 e. The molecule has 2 N–H and O–H groups in total. The number of imide groups is 1. The summed E-state index contributed by atoms with van der Waals surface area (Å²) in [6.45, 7) is 3.81. The number of nitrogens with zero attached hydrogens (tertiary/aromatic N) is 1. The maximum atomic E-state index is 12.6. The molecule has 21 heavy (non-hydrogen) atoms. The SMILES string of the molecule is Cc1cccc2c1CN(C1(C)CC(O)C(=O)NC1=O)C2=O. The average Bonchev–Trinajstić information content (AvgIpc) is 2.77. The molecule has 1 aromatic carbocycles. The second-order valence-electron chi connectivity index (χ2n) is 5.80. The molecule has 0 spiro atoms. The number of hydrogen-bond acceptors (Lipinski definition) is 4. The van der Waals surface area contributed by atoms with Gasteiger partial charge in [0.15, 0.2) is 0 Å². The van der Waals surface area contributed by atoms with Crippen molar-refractivity contribution >= 4 is 17.7 Å². The number of aliphatic hydroxyl groups is 1. The molecule has 2 unspecified atom stereocenters. The van der Waals surface area contributed by atoms with E-state index < -0.39 is 23.5 Å². The van der Waals surface area contributed by atoms with Crippen LogP contribution in [0.3, 0.4) is 0 Å². The van der Waals surface area contributed by atoms with E-state index in [-0.39, 0.29) is 12.3 Å². The van der Waals surface area contributed by atoms with Crippen LogP contribution >= 0.6 is 0 Å². The van der Waals surface area contributed by atoms with E-state index in [1.807, 2.05) is 13.0 Å². The van der Waals surface area contributed by atoms with Crippen molar-refractivity contribution in [2.45, 2.75) is 38.5 Å². The summed E-state index contributed by atoms with van der Waals surface area (Å²) in [6, 6.07) is 5.45. The summed E-state index contributed by atoms with van der Waals surface area (Å²) in [4.78, 5) is 37.6. The molecule has 0 radical (unpaired) electrons. The first-order valence-electron chi connectivity index (χ1n) is 6.78. The zero-order chi connectivity index (χ0) is 15.4. The Kier molecular flexibility index (Phi) is 2.88. The van der Waals surface area contributed by atoms with Gasteiger partial charge in [0.1, 0.15) is 11.6 Å². The number of amides is 3. The zero-order valence-electron chi connectivity index (χ0n) is 11.8. The van der Waals surface area contributed by atoms with Gasteiger partial charge in [0.05, 0.1) is 0 Å². The van der Waals surface area contributed by atoms with E-state index in [0.29, 0.717) is 12.1 Å². The minimum atomic E-state index is -1.29. The van der Waals surface area contributed by atoms with E-state index >= 15 is 0 Å². The third kappa shape index (κ3) is 1.86. The number of piperidine rings is 1. The monoisotopic (exact) mass is 288 g/mol. The molecule has 1 fully saturated rings. The Balaban J connectivity index is 1.99. The summed E-state index contributed by atoms with van der Waals surface area (Å²) in [5.41, 5.74) is 1.23. The summed E-state index contributed by atoms with van der Waals surface area (Å²) in [7, 11) is 0. The Morgan fingerprint density at radius 2 is 2.05 bits per heavy atom. The number of hydrogen-bond donors (Lipinski definition) is 2. The fraction of sp³-hybridized carbons (Fsp3) is 0.400. The molecule has 0 aliphatic carbocycles. The highest BCUT2D eigenvalue weighted by Gasteiger charge is 2.51. The number of rotatable bonds is 1. The largest absolute Gasteiger partial charge is 0.383 e. The van der Waals surface area contributed by atoms with Crippen LogP contribution in [0.4, 0.5) is 0 Å². The molecular formula is C15H16N2O4. The molecule has 3 amide bonds. The summed E-state index contributed by atoms with van der Waals surface area (Å²) in [5.74, 6) is -1.50. The Labute approximate surface area is 121 Å². The lowest BCUT2D eigenvalue weighted by atomic mass is 9.87. The van der Waals surface area contributed by atoms with Crippen LogP contribution in [0.2, 0.25) is 0 Å². The summed E-state index contributed by atoms with van der Waals surface area (Å²) < 4.78 is 0. The van der Waals surface area contributed by atoms with E-state index in [0.717, 1.165) is 11.1 Å². The van der Waals surface area contributed by atoms with Crippen molar-refractivity contribution in [2.75, 3.05) is 0 Å². The zero-order valence-corrected chi connectivity index (χ0v) is 11.8. The number of aryl methyl sites for hydroxylation is 1. The maximum absolute atomic E-state index is 12.6. The minimum Gasteiger partial charge on any atom is -0.383 e. The number of fused-ring (bicyclic) bond motifs is 1. The number of benzene rings is 1. The highest BCUT2D eigenvalue weighted by molar-refractivity contribution is 6.08. The van der Waals surface area contributed by atoms with Crippen molar-refractivity contribution in [2.24, 2.45) is 0 Å². The van der Waals surface area contributed by atoms with E-state index in [4.69, 9.17) is 0 Å². The lowest BCUT2D eigenvalue weighted by Gasteiger charge is -2.41. The van der Waals surface area contributed by atoms with E-state index in [9.17, 15) is 19.5 Å². The first-order valence-corrected chi connectivity index (χ1v) is 6.78. The lowest BCUT2D eigenvalue weighted by Crippen LogP contribution is -2.65. The van der Waals surface area contributed by atoms with Crippen molar-refractivity contribution < 1.29 is 19.5 Å². The van der Waals surface area contributed by atoms with Gasteiger partial charge in [-0.1, -0.05) is 12.1 Å². The highest BCUT2D eigenvalue weighted by Crippen LogP contribution is 2.35. The van der Waals surface area contributed by atoms with Crippen LogP contribution in [-0.4, -0.2) is 39.4 Å². The number of nitrogens with one attached hydrogen (secondary N) is 1. The van der Waals surface area contributed by atoms with Gasteiger partial charge < -0.3 is 10.0 Å². The normalized spacial score (nSPS) is 28.6. The van der Waals surface area contributed by atoms with Crippen LogP contribution in [-0.2, 0) is 16.1 Å². The fourth-order valence-corrected chi connectivity index (χ4v) is 3.01. The third-order valence-corrected chi connectivity index (χ3v) is 4.42. The quantitative estimate of drug-likeness (QED) is 0.718. The van der Waals surface area contributed by atoms with Crippen molar-refractivity contribution in [3.05, 3.63) is 34.9 Å². The molecule has 6 nitrogen and oxygen atoms in total.